The minimum Gasteiger partial charge on any atom is -0.378 e. The standard InChI is InChI=1S/C24H30N2.C2H6/c1-18-9-10-20(18)17-26-15-13-24(14-16-26)12-11-21(19(2)25(3)4)22-7-5-6-8-23(22)24;1-2/h5-8,11,17H,1-2,9-10,12-16H2,3-4H3;1-2H3/b20-17+;. The molecule has 2 aliphatic carbocycles. The third-order valence-electron chi connectivity index (χ3n) is 6.58. The number of fused-ring (bicyclic) bond motifs is 2. The highest BCUT2D eigenvalue weighted by atomic mass is 15.1. The molecule has 0 atom stereocenters. The second-order valence-corrected chi connectivity index (χ2v) is 8.28. The molecule has 0 N–H and O–H groups in total. The Kier molecular flexibility index (Phi) is 6.17. The van der Waals surface area contributed by atoms with Crippen LogP contribution >= 0.6 is 0 Å². The Hall–Kier alpha value is -2.22. The van der Waals surface area contributed by atoms with Crippen molar-refractivity contribution in [2.45, 2.75) is 51.4 Å². The Morgan fingerprint density at radius 1 is 1.11 bits per heavy atom. The third-order valence-corrected chi connectivity index (χ3v) is 6.58. The number of hydrogen-bond donors (Lipinski definition) is 0. The summed E-state index contributed by atoms with van der Waals surface area (Å²) in [5.41, 5.74) is 8.43. The van der Waals surface area contributed by atoms with Gasteiger partial charge in [-0.3, -0.25) is 0 Å². The van der Waals surface area contributed by atoms with Crippen molar-refractivity contribution < 1.29 is 0 Å². The number of piperidine rings is 1. The van der Waals surface area contributed by atoms with E-state index in [-0.39, 0.29) is 5.41 Å². The van der Waals surface area contributed by atoms with E-state index in [0.717, 1.165) is 25.2 Å². The maximum Gasteiger partial charge on any atom is 0.0364 e. The van der Waals surface area contributed by atoms with Gasteiger partial charge in [-0.15, -0.1) is 0 Å². The van der Waals surface area contributed by atoms with Crippen molar-refractivity contribution in [2.75, 3.05) is 27.2 Å². The monoisotopic (exact) mass is 376 g/mol. The van der Waals surface area contributed by atoms with Crippen molar-refractivity contribution in [2.24, 2.45) is 0 Å². The molecule has 3 aliphatic rings. The summed E-state index contributed by atoms with van der Waals surface area (Å²) in [7, 11) is 4.16. The molecular formula is C26H36N2. The van der Waals surface area contributed by atoms with Gasteiger partial charge in [0.25, 0.3) is 0 Å². The summed E-state index contributed by atoms with van der Waals surface area (Å²) >= 11 is 0. The molecule has 0 aromatic heterocycles. The quantitative estimate of drug-likeness (QED) is 0.625. The first-order valence-electron chi connectivity index (χ1n) is 10.8. The van der Waals surface area contributed by atoms with Crippen LogP contribution in [0.5, 0.6) is 0 Å². The average Bonchev–Trinajstić information content (AvgIpc) is 2.73. The van der Waals surface area contributed by atoms with Crippen molar-refractivity contribution in [1.29, 1.82) is 0 Å². The normalized spacial score (nSPS) is 21.3. The molecule has 0 bridgehead atoms. The smallest absolute Gasteiger partial charge is 0.0364 e. The highest BCUT2D eigenvalue weighted by Crippen LogP contribution is 2.47. The van der Waals surface area contributed by atoms with Crippen LogP contribution in [0.2, 0.25) is 0 Å². The van der Waals surface area contributed by atoms with E-state index in [2.05, 4.69) is 73.6 Å². The number of rotatable bonds is 3. The van der Waals surface area contributed by atoms with Gasteiger partial charge in [-0.1, -0.05) is 62.9 Å². The van der Waals surface area contributed by atoms with Crippen LogP contribution in [0.25, 0.3) is 5.57 Å². The largest absolute Gasteiger partial charge is 0.378 e. The third kappa shape index (κ3) is 3.70. The molecule has 1 heterocycles. The lowest BCUT2D eigenvalue weighted by atomic mass is 9.65. The molecule has 2 heteroatoms. The summed E-state index contributed by atoms with van der Waals surface area (Å²) < 4.78 is 0. The van der Waals surface area contributed by atoms with Gasteiger partial charge in [-0.05, 0) is 48.8 Å². The summed E-state index contributed by atoms with van der Waals surface area (Å²) in [6.45, 7) is 14.7. The minimum absolute atomic E-state index is 0.290. The first-order chi connectivity index (χ1) is 13.5. The molecule has 1 aromatic rings. The van der Waals surface area contributed by atoms with Gasteiger partial charge in [-0.2, -0.15) is 0 Å². The van der Waals surface area contributed by atoms with E-state index in [4.69, 9.17) is 0 Å². The molecule has 4 rings (SSSR count). The van der Waals surface area contributed by atoms with Crippen molar-refractivity contribution in [3.8, 4) is 0 Å². The molecule has 1 aliphatic heterocycles. The molecule has 1 spiro atoms. The first kappa shape index (κ1) is 20.5. The Morgan fingerprint density at radius 3 is 2.36 bits per heavy atom. The predicted octanol–water partition coefficient (Wildman–Crippen LogP) is 6.14. The second kappa shape index (κ2) is 8.43. The second-order valence-electron chi connectivity index (χ2n) is 8.28. The SMILES string of the molecule is C=C1CC/C1=C\N1CCC2(CC=C(C(=C)N(C)C)c3ccccc32)CC1.CC. The predicted molar refractivity (Wildman–Crippen MR) is 122 cm³/mol. The molecule has 0 unspecified atom stereocenters. The van der Waals surface area contributed by atoms with Gasteiger partial charge in [0, 0.05) is 50.1 Å². The fourth-order valence-electron chi connectivity index (χ4n) is 4.59. The number of allylic oxidation sites excluding steroid dienone is 4. The topological polar surface area (TPSA) is 6.48 Å². The maximum absolute atomic E-state index is 4.31. The van der Waals surface area contributed by atoms with E-state index in [9.17, 15) is 0 Å². The lowest BCUT2D eigenvalue weighted by Crippen LogP contribution is -2.42. The molecule has 0 radical (unpaired) electrons. The fourth-order valence-corrected chi connectivity index (χ4v) is 4.59. The molecule has 1 saturated heterocycles. The molecule has 28 heavy (non-hydrogen) atoms. The summed E-state index contributed by atoms with van der Waals surface area (Å²) in [6.07, 6.45) is 10.8. The Balaban J connectivity index is 0.00000109. The lowest BCUT2D eigenvalue weighted by molar-refractivity contribution is 0.204. The van der Waals surface area contributed by atoms with Gasteiger partial charge in [0.15, 0.2) is 0 Å². The van der Waals surface area contributed by atoms with Gasteiger partial charge in [-0.25, -0.2) is 0 Å². The summed E-state index contributed by atoms with van der Waals surface area (Å²) in [5, 5.41) is 0. The van der Waals surface area contributed by atoms with Crippen LogP contribution < -0.4 is 0 Å². The first-order valence-corrected chi connectivity index (χ1v) is 10.8. The molecule has 150 valence electrons. The summed E-state index contributed by atoms with van der Waals surface area (Å²) in [5.74, 6) is 0. The molecule has 1 saturated carbocycles. The van der Waals surface area contributed by atoms with Gasteiger partial charge in [0.1, 0.15) is 0 Å². The summed E-state index contributed by atoms with van der Waals surface area (Å²) in [4.78, 5) is 4.65. The van der Waals surface area contributed by atoms with Crippen LogP contribution in [0.3, 0.4) is 0 Å². The summed E-state index contributed by atoms with van der Waals surface area (Å²) in [6, 6.07) is 9.00. The zero-order valence-electron chi connectivity index (χ0n) is 18.2. The van der Waals surface area contributed by atoms with Crippen LogP contribution in [0.4, 0.5) is 0 Å². The van der Waals surface area contributed by atoms with E-state index in [1.165, 1.54) is 53.5 Å². The number of benzene rings is 1. The van der Waals surface area contributed by atoms with Crippen LogP contribution in [0, 0.1) is 0 Å². The minimum atomic E-state index is 0.290. The van der Waals surface area contributed by atoms with Crippen LogP contribution in [-0.4, -0.2) is 37.0 Å². The zero-order valence-corrected chi connectivity index (χ0v) is 18.2. The number of likely N-dealkylation sites (tertiary alicyclic amines) is 1. The number of nitrogens with zero attached hydrogens (tertiary/aromatic N) is 2. The van der Waals surface area contributed by atoms with E-state index < -0.39 is 0 Å². The Bertz CT molecular complexity index is 801. The van der Waals surface area contributed by atoms with Crippen LogP contribution in [0.15, 0.2) is 66.5 Å². The van der Waals surface area contributed by atoms with Crippen LogP contribution in [-0.2, 0) is 5.41 Å². The van der Waals surface area contributed by atoms with Gasteiger partial charge >= 0.3 is 0 Å². The van der Waals surface area contributed by atoms with Gasteiger partial charge < -0.3 is 9.80 Å². The van der Waals surface area contributed by atoms with E-state index >= 15 is 0 Å². The van der Waals surface area contributed by atoms with E-state index in [1.54, 1.807) is 0 Å². The fraction of sp³-hybridized carbons (Fsp3) is 0.462. The van der Waals surface area contributed by atoms with Crippen molar-refractivity contribution in [3.05, 3.63) is 77.7 Å². The molecule has 2 nitrogen and oxygen atoms in total. The van der Waals surface area contributed by atoms with Gasteiger partial charge in [0.05, 0.1) is 0 Å². The highest BCUT2D eigenvalue weighted by molar-refractivity contribution is 5.82. The molecular weight excluding hydrogens is 340 g/mol. The average molecular weight is 377 g/mol. The lowest BCUT2D eigenvalue weighted by Gasteiger charge is -2.45. The zero-order chi connectivity index (χ0) is 20.3. The van der Waals surface area contributed by atoms with Crippen LogP contribution in [0.1, 0.15) is 57.1 Å². The van der Waals surface area contributed by atoms with Gasteiger partial charge in [0.2, 0.25) is 0 Å². The number of hydrogen-bond acceptors (Lipinski definition) is 2. The number of likely N-dealkylation sites (N-methyl/N-ethyl adjacent to an activating group) is 1. The maximum atomic E-state index is 4.31. The Morgan fingerprint density at radius 2 is 1.79 bits per heavy atom. The molecule has 1 aromatic carbocycles. The van der Waals surface area contributed by atoms with Crippen molar-refractivity contribution in [3.63, 3.8) is 0 Å². The molecule has 2 fully saturated rings. The molecule has 0 amide bonds. The van der Waals surface area contributed by atoms with Crippen molar-refractivity contribution in [1.82, 2.24) is 9.80 Å². The highest BCUT2D eigenvalue weighted by Gasteiger charge is 2.39. The van der Waals surface area contributed by atoms with E-state index in [0.29, 0.717) is 0 Å². The Labute approximate surface area is 171 Å². The van der Waals surface area contributed by atoms with E-state index in [1.807, 2.05) is 13.8 Å². The van der Waals surface area contributed by atoms with Crippen molar-refractivity contribution >= 4 is 5.57 Å².